The van der Waals surface area contributed by atoms with Gasteiger partial charge in [0.1, 0.15) is 5.82 Å². The van der Waals surface area contributed by atoms with Gasteiger partial charge < -0.3 is 15.5 Å². The quantitative estimate of drug-likeness (QED) is 0.429. The predicted octanol–water partition coefficient (Wildman–Crippen LogP) is 3.63. The van der Waals surface area contributed by atoms with Crippen LogP contribution in [0.25, 0.3) is 0 Å². The van der Waals surface area contributed by atoms with Gasteiger partial charge in [-0.25, -0.2) is 12.8 Å². The van der Waals surface area contributed by atoms with Crippen molar-refractivity contribution in [3.05, 3.63) is 59.4 Å². The maximum absolute atomic E-state index is 13.7. The number of sulfonamides is 1. The van der Waals surface area contributed by atoms with Gasteiger partial charge in [0.15, 0.2) is 0 Å². The van der Waals surface area contributed by atoms with Crippen LogP contribution < -0.4 is 9.62 Å². The number of nitrogens with zero attached hydrogens (tertiary/aromatic N) is 1. The molecule has 16 heteroatoms. The summed E-state index contributed by atoms with van der Waals surface area (Å²) in [5.74, 6) is -0.580. The summed E-state index contributed by atoms with van der Waals surface area (Å²) in [6.07, 6.45) is -13.9. The smallest absolute Gasteiger partial charge is 0.390 e. The average Bonchev–Trinajstić information content (AvgIpc) is 3.25. The minimum atomic E-state index is -6.14. The third-order valence-corrected chi connectivity index (χ3v) is 9.87. The first kappa shape index (κ1) is 30.4. The Kier molecular flexibility index (Phi) is 8.12. The monoisotopic (exact) mass is 616 g/mol. The van der Waals surface area contributed by atoms with Crippen molar-refractivity contribution in [2.24, 2.45) is 0 Å². The number of rotatable bonds is 6. The van der Waals surface area contributed by atoms with E-state index in [0.717, 1.165) is 34.6 Å². The van der Waals surface area contributed by atoms with Gasteiger partial charge in [-0.05, 0) is 48.7 Å². The summed E-state index contributed by atoms with van der Waals surface area (Å²) in [4.78, 5) is 12.4. The third-order valence-electron chi connectivity index (χ3n) is 6.82. The van der Waals surface area contributed by atoms with Gasteiger partial charge in [0.05, 0.1) is 28.8 Å². The van der Waals surface area contributed by atoms with Crippen LogP contribution in [0.4, 0.5) is 36.4 Å². The molecule has 7 nitrogen and oxygen atoms in total. The van der Waals surface area contributed by atoms with Gasteiger partial charge >= 0.3 is 12.4 Å². The molecule has 1 fully saturated rings. The number of hydrogen-bond donors (Lipinski definition) is 3. The van der Waals surface area contributed by atoms with E-state index >= 15 is 0 Å². The number of amides is 1. The average molecular weight is 617 g/mol. The van der Waals surface area contributed by atoms with E-state index in [4.69, 9.17) is 0 Å². The number of fused-ring (bicyclic) bond motifs is 1. The van der Waals surface area contributed by atoms with E-state index in [-0.39, 0.29) is 24.1 Å². The van der Waals surface area contributed by atoms with Crippen molar-refractivity contribution in [2.45, 2.75) is 60.3 Å². The molecule has 2 unspecified atom stereocenters. The highest BCUT2D eigenvalue weighted by Gasteiger charge is 2.71. The number of alkyl halides is 6. The Hall–Kier alpha value is -2.56. The zero-order valence-corrected chi connectivity index (χ0v) is 22.0. The number of anilines is 1. The molecule has 1 amide bonds. The number of aliphatic hydroxyl groups is 2. The lowest BCUT2D eigenvalue weighted by Gasteiger charge is -2.39. The topological polar surface area (TPSA) is 107 Å². The lowest BCUT2D eigenvalue weighted by atomic mass is 9.87. The van der Waals surface area contributed by atoms with Crippen LogP contribution in [0.3, 0.4) is 0 Å². The van der Waals surface area contributed by atoms with Crippen LogP contribution in [0, 0.1) is 5.82 Å². The lowest BCUT2D eigenvalue weighted by molar-refractivity contribution is -0.376. The first-order valence-corrected chi connectivity index (χ1v) is 14.4. The first-order valence-electron chi connectivity index (χ1n) is 11.8. The Bertz CT molecular complexity index is 1350. The molecular formula is C24H23F7N2O5S2. The Labute approximate surface area is 228 Å². The highest BCUT2D eigenvalue weighted by atomic mass is 32.2. The zero-order valence-electron chi connectivity index (χ0n) is 20.3. The molecule has 40 heavy (non-hydrogen) atoms. The van der Waals surface area contributed by atoms with Crippen molar-refractivity contribution in [1.82, 2.24) is 5.32 Å². The summed E-state index contributed by atoms with van der Waals surface area (Å²) in [6.45, 7) is 0. The molecule has 0 bridgehead atoms. The number of halogens is 7. The second-order valence-corrected chi connectivity index (χ2v) is 12.4. The van der Waals surface area contributed by atoms with Crippen molar-refractivity contribution in [1.29, 1.82) is 0 Å². The molecule has 1 saturated heterocycles. The molecule has 3 atom stereocenters. The van der Waals surface area contributed by atoms with Crippen LogP contribution >= 0.6 is 11.8 Å². The highest BCUT2D eigenvalue weighted by Crippen LogP contribution is 2.51. The van der Waals surface area contributed by atoms with Gasteiger partial charge in [-0.1, -0.05) is 12.1 Å². The van der Waals surface area contributed by atoms with Gasteiger partial charge in [0, 0.05) is 23.5 Å². The second-order valence-electron chi connectivity index (χ2n) is 9.48. The van der Waals surface area contributed by atoms with Crippen LogP contribution in [0.5, 0.6) is 0 Å². The van der Waals surface area contributed by atoms with Crippen molar-refractivity contribution in [3.8, 4) is 0 Å². The van der Waals surface area contributed by atoms with Gasteiger partial charge in [0.25, 0.3) is 15.6 Å². The van der Waals surface area contributed by atoms with Gasteiger partial charge in [-0.2, -0.15) is 38.1 Å². The van der Waals surface area contributed by atoms with Crippen molar-refractivity contribution >= 4 is 33.4 Å². The van der Waals surface area contributed by atoms with Gasteiger partial charge in [-0.3, -0.25) is 9.10 Å². The summed E-state index contributed by atoms with van der Waals surface area (Å²) >= 11 is 1.40. The first-order chi connectivity index (χ1) is 18.5. The minimum absolute atomic E-state index is 0.178. The predicted molar refractivity (Wildman–Crippen MR) is 131 cm³/mol. The fourth-order valence-electron chi connectivity index (χ4n) is 4.74. The van der Waals surface area contributed by atoms with Crippen LogP contribution in [-0.4, -0.2) is 66.6 Å². The van der Waals surface area contributed by atoms with E-state index in [1.54, 1.807) is 0 Å². The maximum Gasteiger partial charge on any atom is 0.430 e. The molecular weight excluding hydrogens is 593 g/mol. The van der Waals surface area contributed by atoms with E-state index in [0.29, 0.717) is 23.6 Å². The van der Waals surface area contributed by atoms with E-state index < -0.39 is 74.8 Å². The molecule has 0 aromatic heterocycles. The van der Waals surface area contributed by atoms with Crippen LogP contribution in [0.2, 0.25) is 0 Å². The van der Waals surface area contributed by atoms with Gasteiger partial charge in [0.2, 0.25) is 5.91 Å². The number of thioether (sulfide) groups is 1. The number of hydrogen-bond acceptors (Lipinski definition) is 6. The Morgan fingerprint density at radius 1 is 1.02 bits per heavy atom. The molecule has 0 aliphatic carbocycles. The Morgan fingerprint density at radius 3 is 2.20 bits per heavy atom. The molecule has 3 N–H and O–H groups in total. The third kappa shape index (κ3) is 5.50. The molecule has 0 radical (unpaired) electrons. The largest absolute Gasteiger partial charge is 0.430 e. The fourth-order valence-corrected chi connectivity index (χ4v) is 7.63. The number of aliphatic hydroxyl groups excluding tert-OH is 1. The number of carbonyl (C=O) groups excluding carboxylic acids is 1. The summed E-state index contributed by atoms with van der Waals surface area (Å²) in [6, 6.07) is 3.38. The zero-order chi connectivity index (χ0) is 29.7. The molecule has 2 aromatic rings. The fraction of sp³-hybridized carbons (Fsp3) is 0.458. The molecule has 0 spiro atoms. The SMILES string of the molecule is O=C(C[C@@H]1CCc2cc(C(O)(C(F)(F)F)C(F)(F)F)ccc2N1S(=O)(=O)c1ccc(F)cc1)NC1CSCC1O. The highest BCUT2D eigenvalue weighted by molar-refractivity contribution is 7.99. The maximum atomic E-state index is 13.7. The number of carbonyl (C=O) groups is 1. The molecule has 2 aromatic carbocycles. The van der Waals surface area contributed by atoms with Crippen LogP contribution in [0.15, 0.2) is 47.4 Å². The summed E-state index contributed by atoms with van der Waals surface area (Å²) in [7, 11) is -4.60. The van der Waals surface area contributed by atoms with Crippen LogP contribution in [0.1, 0.15) is 24.0 Å². The number of aryl methyl sites for hydroxylation is 1. The number of benzene rings is 2. The molecule has 4 rings (SSSR count). The van der Waals surface area contributed by atoms with E-state index in [1.165, 1.54) is 11.8 Å². The minimum Gasteiger partial charge on any atom is -0.390 e. The Balaban J connectivity index is 1.77. The molecule has 220 valence electrons. The van der Waals surface area contributed by atoms with Gasteiger partial charge in [-0.15, -0.1) is 0 Å². The number of nitrogens with one attached hydrogen (secondary N) is 1. The van der Waals surface area contributed by atoms with E-state index in [2.05, 4.69) is 5.32 Å². The summed E-state index contributed by atoms with van der Waals surface area (Å²) in [5, 5.41) is 22.4. The molecule has 2 aliphatic heterocycles. The molecule has 0 saturated carbocycles. The normalized spacial score (nSPS) is 22.2. The summed E-state index contributed by atoms with van der Waals surface area (Å²) < 4.78 is 122. The molecule has 2 heterocycles. The van der Waals surface area contributed by atoms with E-state index in [9.17, 15) is 54.2 Å². The van der Waals surface area contributed by atoms with Crippen molar-refractivity contribution < 1.29 is 54.2 Å². The lowest BCUT2D eigenvalue weighted by Crippen LogP contribution is -2.54. The Morgan fingerprint density at radius 2 is 1.65 bits per heavy atom. The van der Waals surface area contributed by atoms with E-state index in [1.807, 2.05) is 0 Å². The second kappa shape index (κ2) is 10.7. The van der Waals surface area contributed by atoms with Crippen LogP contribution in [-0.2, 0) is 26.8 Å². The molecule has 2 aliphatic rings. The standard InChI is InChI=1S/C24H23F7N2O5S2/c25-15-3-6-17(7-4-15)40(37,38)33-16(10-21(35)32-18-11-39-12-20(18)34)5-1-13-9-14(2-8-19(13)33)22(36,23(26,27)28)24(29,30)31/h2-4,6-9,16,18,20,34,36H,1,5,10-12H2,(H,32,35)/t16-,18?,20?/m0/s1. The van der Waals surface area contributed by atoms with Crippen molar-refractivity contribution in [3.63, 3.8) is 0 Å². The van der Waals surface area contributed by atoms with Crippen molar-refractivity contribution in [2.75, 3.05) is 15.8 Å². The summed E-state index contributed by atoms with van der Waals surface area (Å²) in [5.41, 5.74) is -7.30.